The standard InChI is InChI=1S/C14H12N6/c15-13-18-12(10-6-3-4-8-16-10)20-11-7-2-1-5-9(11)17-14(20)19-13/h1-8,12H,(H3,15,17,18,19)/t12-/m0/s1. The molecule has 0 saturated heterocycles. The van der Waals surface area contributed by atoms with Gasteiger partial charge in [0.2, 0.25) is 5.95 Å². The SMILES string of the molecule is NC1=N[C@H](c2ccccn2)n2c(nc3ccccc32)N1. The maximum atomic E-state index is 5.86. The lowest BCUT2D eigenvalue weighted by Gasteiger charge is -2.22. The fraction of sp³-hybridized carbons (Fsp3) is 0.0714. The minimum Gasteiger partial charge on any atom is -0.370 e. The molecule has 0 spiro atoms. The largest absolute Gasteiger partial charge is 0.370 e. The van der Waals surface area contributed by atoms with Gasteiger partial charge in [0.25, 0.3) is 0 Å². The van der Waals surface area contributed by atoms with E-state index in [4.69, 9.17) is 5.73 Å². The lowest BCUT2D eigenvalue weighted by Crippen LogP contribution is -2.31. The summed E-state index contributed by atoms with van der Waals surface area (Å²) in [7, 11) is 0. The highest BCUT2D eigenvalue weighted by atomic mass is 15.4. The Morgan fingerprint density at radius 3 is 2.80 bits per heavy atom. The first-order valence-corrected chi connectivity index (χ1v) is 6.31. The third kappa shape index (κ3) is 1.55. The Kier molecular flexibility index (Phi) is 2.23. The number of para-hydroxylation sites is 2. The van der Waals surface area contributed by atoms with Crippen LogP contribution in [-0.2, 0) is 0 Å². The molecule has 2 aromatic heterocycles. The first kappa shape index (κ1) is 11.0. The summed E-state index contributed by atoms with van der Waals surface area (Å²) in [6.07, 6.45) is 1.46. The minimum absolute atomic E-state index is 0.292. The van der Waals surface area contributed by atoms with Crippen molar-refractivity contribution in [1.82, 2.24) is 14.5 Å². The second-order valence-electron chi connectivity index (χ2n) is 4.56. The van der Waals surface area contributed by atoms with E-state index in [1.165, 1.54) is 0 Å². The monoisotopic (exact) mass is 264 g/mol. The fourth-order valence-corrected chi connectivity index (χ4v) is 2.44. The summed E-state index contributed by atoms with van der Waals surface area (Å²) in [5.41, 5.74) is 8.60. The molecule has 6 nitrogen and oxygen atoms in total. The predicted octanol–water partition coefficient (Wildman–Crippen LogP) is 1.72. The number of hydrogen-bond donors (Lipinski definition) is 2. The Labute approximate surface area is 115 Å². The van der Waals surface area contributed by atoms with E-state index in [0.717, 1.165) is 16.7 Å². The topological polar surface area (TPSA) is 81.1 Å². The molecule has 0 radical (unpaired) electrons. The van der Waals surface area contributed by atoms with Gasteiger partial charge >= 0.3 is 0 Å². The quantitative estimate of drug-likeness (QED) is 0.701. The van der Waals surface area contributed by atoms with E-state index in [0.29, 0.717) is 11.9 Å². The fourth-order valence-electron chi connectivity index (χ4n) is 2.44. The molecule has 0 bridgehead atoms. The molecule has 1 aromatic carbocycles. The van der Waals surface area contributed by atoms with Crippen LogP contribution in [0, 0.1) is 0 Å². The van der Waals surface area contributed by atoms with Crippen molar-refractivity contribution in [3.63, 3.8) is 0 Å². The van der Waals surface area contributed by atoms with Gasteiger partial charge in [0.05, 0.1) is 16.7 Å². The average molecular weight is 264 g/mol. The van der Waals surface area contributed by atoms with Gasteiger partial charge in [-0.15, -0.1) is 0 Å². The zero-order chi connectivity index (χ0) is 13.5. The van der Waals surface area contributed by atoms with Gasteiger partial charge < -0.3 is 5.73 Å². The highest BCUT2D eigenvalue weighted by Crippen LogP contribution is 2.30. The average Bonchev–Trinajstić information content (AvgIpc) is 2.85. The Bertz CT molecular complexity index is 805. The molecular weight excluding hydrogens is 252 g/mol. The Morgan fingerprint density at radius 2 is 1.95 bits per heavy atom. The van der Waals surface area contributed by atoms with Crippen molar-refractivity contribution in [3.05, 3.63) is 54.4 Å². The van der Waals surface area contributed by atoms with Crippen LogP contribution in [0.1, 0.15) is 11.9 Å². The van der Waals surface area contributed by atoms with Crippen LogP contribution in [0.25, 0.3) is 11.0 Å². The number of nitrogens with one attached hydrogen (secondary N) is 1. The van der Waals surface area contributed by atoms with Crippen LogP contribution >= 0.6 is 0 Å². The van der Waals surface area contributed by atoms with Gasteiger partial charge in [-0.05, 0) is 24.3 Å². The van der Waals surface area contributed by atoms with Gasteiger partial charge in [-0.25, -0.2) is 9.98 Å². The van der Waals surface area contributed by atoms with Crippen molar-refractivity contribution in [3.8, 4) is 0 Å². The smallest absolute Gasteiger partial charge is 0.212 e. The van der Waals surface area contributed by atoms with Crippen molar-refractivity contribution in [2.45, 2.75) is 6.17 Å². The first-order valence-electron chi connectivity index (χ1n) is 6.31. The summed E-state index contributed by atoms with van der Waals surface area (Å²) in [4.78, 5) is 13.4. The van der Waals surface area contributed by atoms with Crippen LogP contribution in [0.3, 0.4) is 0 Å². The van der Waals surface area contributed by atoms with Gasteiger partial charge in [-0.2, -0.15) is 0 Å². The van der Waals surface area contributed by atoms with E-state index in [1.54, 1.807) is 6.20 Å². The number of pyridine rings is 1. The third-order valence-corrected chi connectivity index (χ3v) is 3.29. The van der Waals surface area contributed by atoms with Gasteiger partial charge in [-0.1, -0.05) is 18.2 Å². The number of imidazole rings is 1. The molecule has 1 atom stereocenters. The van der Waals surface area contributed by atoms with E-state index in [2.05, 4.69) is 20.3 Å². The molecule has 98 valence electrons. The molecule has 4 rings (SSSR count). The van der Waals surface area contributed by atoms with Crippen LogP contribution in [-0.4, -0.2) is 20.5 Å². The van der Waals surface area contributed by atoms with E-state index < -0.39 is 0 Å². The van der Waals surface area contributed by atoms with E-state index in [1.807, 2.05) is 47.0 Å². The normalized spacial score (nSPS) is 17.4. The molecule has 6 heteroatoms. The Morgan fingerprint density at radius 1 is 1.10 bits per heavy atom. The van der Waals surface area contributed by atoms with Crippen LogP contribution in [0.5, 0.6) is 0 Å². The second kappa shape index (κ2) is 4.06. The number of nitrogens with zero attached hydrogens (tertiary/aromatic N) is 4. The molecule has 1 aliphatic heterocycles. The van der Waals surface area contributed by atoms with Crippen molar-refractivity contribution < 1.29 is 0 Å². The number of hydrogen-bond acceptors (Lipinski definition) is 5. The van der Waals surface area contributed by atoms with Gasteiger partial charge in [-0.3, -0.25) is 14.9 Å². The van der Waals surface area contributed by atoms with Crippen LogP contribution in [0.15, 0.2) is 53.7 Å². The molecule has 0 amide bonds. The molecule has 0 aliphatic carbocycles. The molecule has 20 heavy (non-hydrogen) atoms. The number of guanidine groups is 1. The van der Waals surface area contributed by atoms with Gasteiger partial charge in [0, 0.05) is 6.20 Å². The molecule has 0 unspecified atom stereocenters. The van der Waals surface area contributed by atoms with Crippen molar-refractivity contribution in [1.29, 1.82) is 0 Å². The van der Waals surface area contributed by atoms with Crippen LogP contribution in [0.2, 0.25) is 0 Å². The highest BCUT2D eigenvalue weighted by Gasteiger charge is 2.25. The van der Waals surface area contributed by atoms with Crippen LogP contribution < -0.4 is 11.1 Å². The maximum Gasteiger partial charge on any atom is 0.212 e. The van der Waals surface area contributed by atoms with E-state index in [-0.39, 0.29) is 6.17 Å². The summed E-state index contributed by atoms with van der Waals surface area (Å²) in [5.74, 6) is 1.04. The number of aliphatic imine (C=N–C) groups is 1. The summed E-state index contributed by atoms with van der Waals surface area (Å²) in [6.45, 7) is 0. The Balaban J connectivity index is 1.98. The number of nitrogens with two attached hydrogens (primary N) is 1. The number of benzene rings is 1. The lowest BCUT2D eigenvalue weighted by molar-refractivity contribution is 0.608. The molecule has 1 aliphatic rings. The highest BCUT2D eigenvalue weighted by molar-refractivity contribution is 5.94. The minimum atomic E-state index is -0.292. The third-order valence-electron chi connectivity index (χ3n) is 3.29. The molecule has 3 heterocycles. The first-order chi connectivity index (χ1) is 9.83. The Hall–Kier alpha value is -2.89. The van der Waals surface area contributed by atoms with Crippen LogP contribution in [0.4, 0.5) is 5.95 Å². The summed E-state index contributed by atoms with van der Waals surface area (Å²) < 4.78 is 2.01. The zero-order valence-electron chi connectivity index (χ0n) is 10.6. The predicted molar refractivity (Wildman–Crippen MR) is 77.4 cm³/mol. The number of aromatic nitrogens is 3. The summed E-state index contributed by atoms with van der Waals surface area (Å²) in [5, 5.41) is 3.00. The summed E-state index contributed by atoms with van der Waals surface area (Å²) >= 11 is 0. The number of fused-ring (bicyclic) bond motifs is 3. The van der Waals surface area contributed by atoms with Gasteiger partial charge in [0.1, 0.15) is 0 Å². The van der Waals surface area contributed by atoms with Crippen molar-refractivity contribution in [2.75, 3.05) is 5.32 Å². The molecule has 3 aromatic rings. The maximum absolute atomic E-state index is 5.86. The number of rotatable bonds is 1. The van der Waals surface area contributed by atoms with E-state index in [9.17, 15) is 0 Å². The molecular formula is C14H12N6. The molecule has 0 saturated carbocycles. The van der Waals surface area contributed by atoms with Gasteiger partial charge in [0.15, 0.2) is 12.1 Å². The van der Waals surface area contributed by atoms with E-state index >= 15 is 0 Å². The molecule has 0 fully saturated rings. The lowest BCUT2D eigenvalue weighted by atomic mass is 10.2. The van der Waals surface area contributed by atoms with Crippen molar-refractivity contribution >= 4 is 22.9 Å². The zero-order valence-corrected chi connectivity index (χ0v) is 10.6. The van der Waals surface area contributed by atoms with Crippen molar-refractivity contribution in [2.24, 2.45) is 10.7 Å². The summed E-state index contributed by atoms with van der Waals surface area (Å²) in [6, 6.07) is 13.7. The number of anilines is 1. The molecule has 3 N–H and O–H groups in total. The second-order valence-corrected chi connectivity index (χ2v) is 4.56.